The Labute approximate surface area is 155 Å². The van der Waals surface area contributed by atoms with Gasteiger partial charge in [0.1, 0.15) is 17.5 Å². The second kappa shape index (κ2) is 6.84. The maximum atomic E-state index is 15.0. The first-order chi connectivity index (χ1) is 13.1. The van der Waals surface area contributed by atoms with Crippen LogP contribution < -0.4 is 11.5 Å². The molecule has 0 fully saturated rings. The third-order valence-electron chi connectivity index (χ3n) is 4.25. The molecule has 0 saturated carbocycles. The van der Waals surface area contributed by atoms with Gasteiger partial charge in [0.05, 0.1) is 18.1 Å². The highest BCUT2D eigenvalue weighted by molar-refractivity contribution is 5.84. The number of pyridine rings is 1. The monoisotopic (exact) mass is 357 g/mol. The molecule has 0 unspecified atom stereocenters. The number of halogens is 1. The smallest absolute Gasteiger partial charge is 0.141 e. The molecule has 4 rings (SSSR count). The van der Waals surface area contributed by atoms with Crippen LogP contribution in [-0.2, 0) is 0 Å². The summed E-state index contributed by atoms with van der Waals surface area (Å²) in [7, 11) is 0. The van der Waals surface area contributed by atoms with Crippen molar-refractivity contribution in [3.63, 3.8) is 0 Å². The molecule has 0 bridgehead atoms. The van der Waals surface area contributed by atoms with Crippen LogP contribution in [0.15, 0.2) is 73.2 Å². The van der Waals surface area contributed by atoms with Crippen molar-refractivity contribution in [2.45, 2.75) is 0 Å². The quantitative estimate of drug-likeness (QED) is 0.574. The van der Waals surface area contributed by atoms with Crippen LogP contribution in [0.1, 0.15) is 0 Å². The Morgan fingerprint density at radius 1 is 0.630 bits per heavy atom. The van der Waals surface area contributed by atoms with Crippen LogP contribution in [0, 0.1) is 5.82 Å². The summed E-state index contributed by atoms with van der Waals surface area (Å²) < 4.78 is 15.0. The minimum Gasteiger partial charge on any atom is -0.384 e. The first kappa shape index (κ1) is 16.7. The number of nitrogens with two attached hydrogens (primary N) is 2. The fourth-order valence-electron chi connectivity index (χ4n) is 2.91. The number of nitrogens with zero attached hydrogens (tertiary/aromatic N) is 3. The van der Waals surface area contributed by atoms with Crippen molar-refractivity contribution in [3.8, 4) is 33.5 Å². The van der Waals surface area contributed by atoms with Crippen LogP contribution >= 0.6 is 0 Å². The van der Waals surface area contributed by atoms with Crippen molar-refractivity contribution in [2.75, 3.05) is 11.5 Å². The normalized spacial score (nSPS) is 10.7. The van der Waals surface area contributed by atoms with E-state index < -0.39 is 0 Å². The predicted octanol–water partition coefficient (Wildman–Crippen LogP) is 4.18. The van der Waals surface area contributed by atoms with Gasteiger partial charge in [-0.2, -0.15) is 0 Å². The van der Waals surface area contributed by atoms with Gasteiger partial charge in [0.25, 0.3) is 0 Å². The van der Waals surface area contributed by atoms with E-state index in [4.69, 9.17) is 11.5 Å². The van der Waals surface area contributed by atoms with Gasteiger partial charge in [-0.05, 0) is 29.3 Å². The first-order valence-corrected chi connectivity index (χ1v) is 8.30. The molecule has 4 aromatic rings. The molecule has 2 aromatic carbocycles. The molecule has 0 saturated heterocycles. The number of rotatable bonds is 3. The number of aromatic nitrogens is 3. The minimum atomic E-state index is -0.345. The van der Waals surface area contributed by atoms with E-state index in [0.717, 1.165) is 16.7 Å². The summed E-state index contributed by atoms with van der Waals surface area (Å²) in [6.07, 6.45) is 4.66. The van der Waals surface area contributed by atoms with E-state index in [-0.39, 0.29) is 5.82 Å². The number of nitrogen functional groups attached to an aromatic ring is 2. The highest BCUT2D eigenvalue weighted by Crippen LogP contribution is 2.34. The van der Waals surface area contributed by atoms with Crippen molar-refractivity contribution in [1.82, 2.24) is 15.0 Å². The minimum absolute atomic E-state index is 0.321. The standard InChI is InChI=1S/C21H16FN5/c22-18-9-13(19-11-27-21(24)12-25-19)5-7-17(18)16-4-2-1-3-15(16)14-6-8-20(23)26-10-14/h1-12H,(H2,23,26)(H2,24,27). The fourth-order valence-corrected chi connectivity index (χ4v) is 2.91. The average Bonchev–Trinajstić information content (AvgIpc) is 2.69. The van der Waals surface area contributed by atoms with Crippen LogP contribution in [0.2, 0.25) is 0 Å². The van der Waals surface area contributed by atoms with Gasteiger partial charge in [0.2, 0.25) is 0 Å². The van der Waals surface area contributed by atoms with Gasteiger partial charge in [0, 0.05) is 22.9 Å². The third kappa shape index (κ3) is 3.32. The third-order valence-corrected chi connectivity index (χ3v) is 4.25. The number of hydrogen-bond donors (Lipinski definition) is 2. The molecule has 2 heterocycles. The lowest BCUT2D eigenvalue weighted by molar-refractivity contribution is 0.632. The molecular formula is C21H16FN5. The van der Waals surface area contributed by atoms with Crippen LogP contribution in [0.3, 0.4) is 0 Å². The molecule has 27 heavy (non-hydrogen) atoms. The SMILES string of the molecule is Nc1ccc(-c2ccccc2-c2ccc(-c3cnc(N)cn3)cc2F)cn1. The van der Waals surface area contributed by atoms with Crippen molar-refractivity contribution in [2.24, 2.45) is 0 Å². The Morgan fingerprint density at radius 3 is 2.04 bits per heavy atom. The highest BCUT2D eigenvalue weighted by atomic mass is 19.1. The summed E-state index contributed by atoms with van der Waals surface area (Å²) in [6.45, 7) is 0. The predicted molar refractivity (Wildman–Crippen MR) is 105 cm³/mol. The average molecular weight is 357 g/mol. The Morgan fingerprint density at radius 2 is 1.37 bits per heavy atom. The molecule has 0 aliphatic carbocycles. The Bertz CT molecular complexity index is 1090. The van der Waals surface area contributed by atoms with Crippen LogP contribution in [0.5, 0.6) is 0 Å². The van der Waals surface area contributed by atoms with Crippen molar-refractivity contribution in [3.05, 3.63) is 79.0 Å². The molecule has 132 valence electrons. The van der Waals surface area contributed by atoms with E-state index in [2.05, 4.69) is 15.0 Å². The van der Waals surface area contributed by atoms with Crippen molar-refractivity contribution < 1.29 is 4.39 Å². The van der Waals surface area contributed by atoms with E-state index in [1.165, 1.54) is 18.5 Å². The molecule has 6 heteroatoms. The second-order valence-corrected chi connectivity index (χ2v) is 6.04. The van der Waals surface area contributed by atoms with Gasteiger partial charge >= 0.3 is 0 Å². The fraction of sp³-hybridized carbons (Fsp3) is 0. The molecule has 4 N–H and O–H groups in total. The highest BCUT2D eigenvalue weighted by Gasteiger charge is 2.13. The van der Waals surface area contributed by atoms with E-state index in [1.54, 1.807) is 18.3 Å². The van der Waals surface area contributed by atoms with Gasteiger partial charge in [-0.1, -0.05) is 36.4 Å². The Kier molecular flexibility index (Phi) is 4.22. The van der Waals surface area contributed by atoms with Crippen molar-refractivity contribution in [1.29, 1.82) is 0 Å². The summed E-state index contributed by atoms with van der Waals surface area (Å²) in [4.78, 5) is 12.3. The molecular weight excluding hydrogens is 341 g/mol. The molecule has 0 radical (unpaired) electrons. The number of benzene rings is 2. The molecule has 0 spiro atoms. The lowest BCUT2D eigenvalue weighted by atomic mass is 9.94. The second-order valence-electron chi connectivity index (χ2n) is 6.04. The lowest BCUT2D eigenvalue weighted by Gasteiger charge is -2.12. The zero-order valence-electron chi connectivity index (χ0n) is 14.3. The van der Waals surface area contributed by atoms with Gasteiger partial charge in [-0.3, -0.25) is 4.98 Å². The zero-order valence-corrected chi connectivity index (χ0v) is 14.3. The van der Waals surface area contributed by atoms with Crippen LogP contribution in [-0.4, -0.2) is 15.0 Å². The molecule has 0 amide bonds. The first-order valence-electron chi connectivity index (χ1n) is 8.30. The van der Waals surface area contributed by atoms with Gasteiger partial charge in [-0.25, -0.2) is 14.4 Å². The summed E-state index contributed by atoms with van der Waals surface area (Å²) in [6, 6.07) is 16.2. The number of anilines is 2. The van der Waals surface area contributed by atoms with E-state index >= 15 is 0 Å². The topological polar surface area (TPSA) is 90.7 Å². The van der Waals surface area contributed by atoms with Crippen LogP contribution in [0.25, 0.3) is 33.5 Å². The summed E-state index contributed by atoms with van der Waals surface area (Å²) in [5.41, 5.74) is 15.4. The molecule has 0 aliphatic rings. The molecule has 0 atom stereocenters. The molecule has 0 aliphatic heterocycles. The van der Waals surface area contributed by atoms with Crippen molar-refractivity contribution >= 4 is 11.6 Å². The summed E-state index contributed by atoms with van der Waals surface area (Å²) in [5, 5.41) is 0. The zero-order chi connectivity index (χ0) is 18.8. The van der Waals surface area contributed by atoms with E-state index in [1.807, 2.05) is 36.4 Å². The summed E-state index contributed by atoms with van der Waals surface area (Å²) in [5.74, 6) is 0.417. The Balaban J connectivity index is 1.78. The van der Waals surface area contributed by atoms with Gasteiger partial charge in [-0.15, -0.1) is 0 Å². The maximum absolute atomic E-state index is 15.0. The van der Waals surface area contributed by atoms with Gasteiger partial charge in [0.15, 0.2) is 0 Å². The number of hydrogen-bond acceptors (Lipinski definition) is 5. The summed E-state index contributed by atoms with van der Waals surface area (Å²) >= 11 is 0. The maximum Gasteiger partial charge on any atom is 0.141 e. The molecule has 2 aromatic heterocycles. The van der Waals surface area contributed by atoms with Crippen LogP contribution in [0.4, 0.5) is 16.0 Å². The Hall–Kier alpha value is -3.80. The largest absolute Gasteiger partial charge is 0.384 e. The molecule has 5 nitrogen and oxygen atoms in total. The van der Waals surface area contributed by atoms with E-state index in [0.29, 0.717) is 28.5 Å². The van der Waals surface area contributed by atoms with E-state index in [9.17, 15) is 4.39 Å². The van der Waals surface area contributed by atoms with Gasteiger partial charge < -0.3 is 11.5 Å². The lowest BCUT2D eigenvalue weighted by Crippen LogP contribution is -1.94.